The Bertz CT molecular complexity index is 929. The number of carbonyl (C=O) groups excluding carboxylic acids is 1. The third-order valence-corrected chi connectivity index (χ3v) is 4.22. The van der Waals surface area contributed by atoms with Gasteiger partial charge in [0, 0.05) is 17.4 Å². The van der Waals surface area contributed by atoms with Gasteiger partial charge in [-0.1, -0.05) is 42.5 Å². The summed E-state index contributed by atoms with van der Waals surface area (Å²) >= 11 is 0. The van der Waals surface area contributed by atoms with Crippen molar-refractivity contribution in [1.82, 2.24) is 0 Å². The third kappa shape index (κ3) is 4.64. The quantitative estimate of drug-likeness (QED) is 0.652. The van der Waals surface area contributed by atoms with Crippen molar-refractivity contribution in [3.8, 4) is 5.75 Å². The molecule has 0 aliphatic rings. The standard InChI is InChI=1S/C22H21FN2O2/c1-15-11-12-18(14-20(15)23)24-21(16-7-4-3-5-8-16)22(26)25-17-9-6-10-19(13-17)27-2/h3-14,21,24H,1-2H3,(H,25,26)/t21-/m0/s1. The number of methoxy groups -OCH3 is 1. The average molecular weight is 364 g/mol. The maximum absolute atomic E-state index is 13.9. The second kappa shape index (κ2) is 8.36. The average Bonchev–Trinajstić information content (AvgIpc) is 2.69. The molecule has 1 atom stereocenters. The van der Waals surface area contributed by atoms with E-state index in [1.54, 1.807) is 50.4 Å². The molecule has 5 heteroatoms. The molecule has 4 nitrogen and oxygen atoms in total. The molecule has 0 bridgehead atoms. The molecule has 3 aromatic rings. The minimum atomic E-state index is -0.681. The van der Waals surface area contributed by atoms with Crippen LogP contribution in [0.3, 0.4) is 0 Å². The van der Waals surface area contributed by atoms with Crippen LogP contribution >= 0.6 is 0 Å². The topological polar surface area (TPSA) is 50.4 Å². The van der Waals surface area contributed by atoms with Gasteiger partial charge < -0.3 is 15.4 Å². The molecule has 0 fully saturated rings. The molecule has 1 amide bonds. The molecule has 0 saturated heterocycles. The molecule has 3 aromatic carbocycles. The van der Waals surface area contributed by atoms with Crippen LogP contribution in [0.2, 0.25) is 0 Å². The molecule has 0 spiro atoms. The Morgan fingerprint density at radius 3 is 2.44 bits per heavy atom. The van der Waals surface area contributed by atoms with E-state index in [0.717, 1.165) is 5.56 Å². The predicted molar refractivity (Wildman–Crippen MR) is 106 cm³/mol. The summed E-state index contributed by atoms with van der Waals surface area (Å²) in [6.45, 7) is 1.70. The lowest BCUT2D eigenvalue weighted by Gasteiger charge is -2.20. The number of halogens is 1. The highest BCUT2D eigenvalue weighted by molar-refractivity contribution is 5.97. The molecule has 0 aromatic heterocycles. The summed E-state index contributed by atoms with van der Waals surface area (Å²) in [5.41, 5.74) is 2.49. The summed E-state index contributed by atoms with van der Waals surface area (Å²) in [6.07, 6.45) is 0. The van der Waals surface area contributed by atoms with Crippen LogP contribution in [0.1, 0.15) is 17.2 Å². The van der Waals surface area contributed by atoms with Crippen LogP contribution in [-0.2, 0) is 4.79 Å². The van der Waals surface area contributed by atoms with Crippen LogP contribution < -0.4 is 15.4 Å². The number of ether oxygens (including phenoxy) is 1. The highest BCUT2D eigenvalue weighted by Crippen LogP contribution is 2.24. The summed E-state index contributed by atoms with van der Waals surface area (Å²) < 4.78 is 19.1. The predicted octanol–water partition coefficient (Wildman–Crippen LogP) is 4.93. The van der Waals surface area contributed by atoms with Gasteiger partial charge in [-0.2, -0.15) is 0 Å². The minimum Gasteiger partial charge on any atom is -0.497 e. The Labute approximate surface area is 158 Å². The Morgan fingerprint density at radius 2 is 1.74 bits per heavy atom. The number of anilines is 2. The molecule has 2 N–H and O–H groups in total. The molecule has 0 heterocycles. The van der Waals surface area contributed by atoms with Crippen molar-refractivity contribution in [3.63, 3.8) is 0 Å². The van der Waals surface area contributed by atoms with Crippen molar-refractivity contribution in [3.05, 3.63) is 89.7 Å². The van der Waals surface area contributed by atoms with Crippen LogP contribution in [0, 0.1) is 12.7 Å². The number of rotatable bonds is 6. The zero-order chi connectivity index (χ0) is 19.2. The fourth-order valence-electron chi connectivity index (χ4n) is 2.71. The largest absolute Gasteiger partial charge is 0.497 e. The second-order valence-corrected chi connectivity index (χ2v) is 6.17. The number of benzene rings is 3. The van der Waals surface area contributed by atoms with Crippen LogP contribution in [0.15, 0.2) is 72.8 Å². The van der Waals surface area contributed by atoms with E-state index in [4.69, 9.17) is 4.74 Å². The van der Waals surface area contributed by atoms with Crippen LogP contribution in [0.5, 0.6) is 5.75 Å². The highest BCUT2D eigenvalue weighted by atomic mass is 19.1. The first kappa shape index (κ1) is 18.5. The van der Waals surface area contributed by atoms with E-state index in [0.29, 0.717) is 22.7 Å². The Hall–Kier alpha value is -3.34. The fraction of sp³-hybridized carbons (Fsp3) is 0.136. The van der Waals surface area contributed by atoms with Crippen molar-refractivity contribution >= 4 is 17.3 Å². The number of carbonyl (C=O) groups is 1. The van der Waals surface area contributed by atoms with E-state index in [-0.39, 0.29) is 11.7 Å². The molecule has 0 unspecified atom stereocenters. The lowest BCUT2D eigenvalue weighted by Crippen LogP contribution is -2.27. The van der Waals surface area contributed by atoms with Crippen molar-refractivity contribution < 1.29 is 13.9 Å². The summed E-state index contributed by atoms with van der Waals surface area (Å²) in [4.78, 5) is 13.0. The SMILES string of the molecule is COc1cccc(NC(=O)[C@@H](Nc2ccc(C)c(F)c2)c2ccccc2)c1. The first-order valence-electron chi connectivity index (χ1n) is 8.59. The van der Waals surface area contributed by atoms with Crippen molar-refractivity contribution in [2.75, 3.05) is 17.7 Å². The number of hydrogen-bond donors (Lipinski definition) is 2. The van der Waals surface area contributed by atoms with Gasteiger partial charge in [-0.3, -0.25) is 4.79 Å². The molecule has 3 rings (SSSR count). The van der Waals surface area contributed by atoms with Crippen molar-refractivity contribution in [2.24, 2.45) is 0 Å². The van der Waals surface area contributed by atoms with Gasteiger partial charge in [0.15, 0.2) is 0 Å². The number of nitrogens with one attached hydrogen (secondary N) is 2. The van der Waals surface area contributed by atoms with Gasteiger partial charge in [0.25, 0.3) is 5.91 Å². The lowest BCUT2D eigenvalue weighted by molar-refractivity contribution is -0.117. The van der Waals surface area contributed by atoms with Gasteiger partial charge in [-0.05, 0) is 42.3 Å². The smallest absolute Gasteiger partial charge is 0.251 e. The van der Waals surface area contributed by atoms with Gasteiger partial charge in [-0.15, -0.1) is 0 Å². The first-order chi connectivity index (χ1) is 13.1. The van der Waals surface area contributed by atoms with E-state index in [2.05, 4.69) is 10.6 Å². The summed E-state index contributed by atoms with van der Waals surface area (Å²) in [5, 5.41) is 6.01. The zero-order valence-electron chi connectivity index (χ0n) is 15.2. The van der Waals surface area contributed by atoms with Crippen LogP contribution in [0.25, 0.3) is 0 Å². The van der Waals surface area contributed by atoms with E-state index >= 15 is 0 Å². The van der Waals surface area contributed by atoms with Gasteiger partial charge in [0.1, 0.15) is 17.6 Å². The first-order valence-corrected chi connectivity index (χ1v) is 8.59. The van der Waals surface area contributed by atoms with Gasteiger partial charge in [0.2, 0.25) is 0 Å². The maximum atomic E-state index is 13.9. The monoisotopic (exact) mass is 364 g/mol. The van der Waals surface area contributed by atoms with Gasteiger partial charge >= 0.3 is 0 Å². The van der Waals surface area contributed by atoms with E-state index in [1.165, 1.54) is 6.07 Å². The molecular weight excluding hydrogens is 343 g/mol. The van der Waals surface area contributed by atoms with Crippen molar-refractivity contribution in [1.29, 1.82) is 0 Å². The summed E-state index contributed by atoms with van der Waals surface area (Å²) in [6, 6.07) is 20.6. The normalized spacial score (nSPS) is 11.5. The van der Waals surface area contributed by atoms with Gasteiger partial charge in [0.05, 0.1) is 7.11 Å². The number of aryl methyl sites for hydroxylation is 1. The summed E-state index contributed by atoms with van der Waals surface area (Å²) in [7, 11) is 1.57. The Kier molecular flexibility index (Phi) is 5.71. The van der Waals surface area contributed by atoms with E-state index < -0.39 is 6.04 Å². The molecule has 0 aliphatic heterocycles. The second-order valence-electron chi connectivity index (χ2n) is 6.17. The van der Waals surface area contributed by atoms with E-state index in [9.17, 15) is 9.18 Å². The molecule has 138 valence electrons. The van der Waals surface area contributed by atoms with Gasteiger partial charge in [-0.25, -0.2) is 4.39 Å². The van der Waals surface area contributed by atoms with E-state index in [1.807, 2.05) is 30.3 Å². The third-order valence-electron chi connectivity index (χ3n) is 4.22. The number of hydrogen-bond acceptors (Lipinski definition) is 3. The maximum Gasteiger partial charge on any atom is 0.251 e. The van der Waals surface area contributed by atoms with Crippen LogP contribution in [-0.4, -0.2) is 13.0 Å². The highest BCUT2D eigenvalue weighted by Gasteiger charge is 2.21. The molecule has 0 radical (unpaired) electrons. The molecule has 0 saturated carbocycles. The minimum absolute atomic E-state index is 0.254. The molecule has 27 heavy (non-hydrogen) atoms. The number of amides is 1. The molecule has 0 aliphatic carbocycles. The molecular formula is C22H21FN2O2. The van der Waals surface area contributed by atoms with Crippen molar-refractivity contribution in [2.45, 2.75) is 13.0 Å². The lowest BCUT2D eigenvalue weighted by atomic mass is 10.1. The summed E-state index contributed by atoms with van der Waals surface area (Å²) in [5.74, 6) is 0.0769. The Balaban J connectivity index is 1.87. The van der Waals surface area contributed by atoms with Crippen LogP contribution in [0.4, 0.5) is 15.8 Å². The fourth-order valence-corrected chi connectivity index (χ4v) is 2.71. The Morgan fingerprint density at radius 1 is 0.963 bits per heavy atom. The zero-order valence-corrected chi connectivity index (χ0v) is 15.2.